The summed E-state index contributed by atoms with van der Waals surface area (Å²) in [4.78, 5) is 24.2. The number of benzene rings is 2. The maximum Gasteiger partial charge on any atom is 0.407 e. The lowest BCUT2D eigenvalue weighted by Crippen LogP contribution is -2.32. The van der Waals surface area contributed by atoms with Gasteiger partial charge in [0.2, 0.25) is 0 Å². The van der Waals surface area contributed by atoms with Crippen LogP contribution in [0.15, 0.2) is 54.3 Å². The number of para-hydroxylation sites is 1. The minimum atomic E-state index is -0.571. The van der Waals surface area contributed by atoms with E-state index in [1.807, 2.05) is 76.2 Å². The van der Waals surface area contributed by atoms with Crippen LogP contribution in [0.2, 0.25) is 0 Å². The summed E-state index contributed by atoms with van der Waals surface area (Å²) in [5.41, 5.74) is 2.82. The van der Waals surface area contributed by atoms with Crippen LogP contribution in [0.4, 0.5) is 4.79 Å². The number of halogens is 1. The number of allylic oxidation sites excluding steroid dienone is 2. The van der Waals surface area contributed by atoms with Crippen molar-refractivity contribution in [3.8, 4) is 5.75 Å². The molecule has 0 radical (unpaired) electrons. The van der Waals surface area contributed by atoms with Crippen molar-refractivity contribution in [3.63, 3.8) is 0 Å². The summed E-state index contributed by atoms with van der Waals surface area (Å²) in [6.07, 6.45) is 0.502. The fourth-order valence-corrected chi connectivity index (χ4v) is 4.79. The van der Waals surface area contributed by atoms with Gasteiger partial charge in [0.15, 0.2) is 0 Å². The number of carbonyl (C=O) groups excluding carboxylic acids is 2. The molecule has 2 atom stereocenters. The van der Waals surface area contributed by atoms with Gasteiger partial charge in [-0.05, 0) is 68.9 Å². The average Bonchev–Trinajstić information content (AvgIpc) is 2.88. The highest BCUT2D eigenvalue weighted by Gasteiger charge is 2.23. The molecule has 2 rings (SSSR count). The van der Waals surface area contributed by atoms with Crippen LogP contribution in [0.25, 0.3) is 5.57 Å². The first-order chi connectivity index (χ1) is 18.5. The van der Waals surface area contributed by atoms with Gasteiger partial charge in [-0.25, -0.2) is 4.79 Å². The van der Waals surface area contributed by atoms with Crippen molar-refractivity contribution in [2.24, 2.45) is 5.92 Å². The number of alkyl carbamates (subject to hydrolysis) is 1. The second kappa shape index (κ2) is 15.6. The van der Waals surface area contributed by atoms with Crippen molar-refractivity contribution in [1.82, 2.24) is 5.32 Å². The second-order valence-corrected chi connectivity index (χ2v) is 11.1. The minimum absolute atomic E-state index is 0.0206. The first-order valence-corrected chi connectivity index (χ1v) is 14.5. The highest BCUT2D eigenvalue weighted by molar-refractivity contribution is 9.09. The van der Waals surface area contributed by atoms with Gasteiger partial charge in [-0.1, -0.05) is 66.2 Å². The Labute approximate surface area is 241 Å². The monoisotopic (exact) mass is 603 g/mol. The highest BCUT2D eigenvalue weighted by atomic mass is 79.9. The summed E-state index contributed by atoms with van der Waals surface area (Å²) >= 11 is 3.59. The fourth-order valence-electron chi connectivity index (χ4n) is 4.02. The molecule has 39 heavy (non-hydrogen) atoms. The number of hydrogen-bond acceptors (Lipinski definition) is 6. The summed E-state index contributed by atoms with van der Waals surface area (Å²) in [5, 5.41) is 14.2. The van der Waals surface area contributed by atoms with Gasteiger partial charge in [0, 0.05) is 23.9 Å². The largest absolute Gasteiger partial charge is 0.512 e. The molecule has 2 aromatic carbocycles. The van der Waals surface area contributed by atoms with E-state index < -0.39 is 11.7 Å². The maximum atomic E-state index is 12.1. The Bertz CT molecular complexity index is 1120. The van der Waals surface area contributed by atoms with Crippen molar-refractivity contribution < 1.29 is 28.9 Å². The lowest BCUT2D eigenvalue weighted by Gasteiger charge is -2.26. The Morgan fingerprint density at radius 3 is 2.44 bits per heavy atom. The molecular weight excluding hydrogens is 562 g/mol. The maximum absolute atomic E-state index is 12.1. The average molecular weight is 605 g/mol. The molecule has 0 aromatic heterocycles. The van der Waals surface area contributed by atoms with Crippen LogP contribution in [0, 0.1) is 5.92 Å². The van der Waals surface area contributed by atoms with E-state index in [9.17, 15) is 14.7 Å². The van der Waals surface area contributed by atoms with Crippen LogP contribution in [0.5, 0.6) is 5.75 Å². The van der Waals surface area contributed by atoms with Gasteiger partial charge in [-0.3, -0.25) is 4.79 Å². The van der Waals surface area contributed by atoms with Gasteiger partial charge in [0.05, 0.1) is 18.8 Å². The zero-order valence-electron chi connectivity index (χ0n) is 23.9. The number of aliphatic hydroxyl groups excluding tert-OH is 1. The second-order valence-electron chi connectivity index (χ2n) is 10.4. The number of alkyl halides is 1. The van der Waals surface area contributed by atoms with E-state index >= 15 is 0 Å². The Morgan fingerprint density at radius 2 is 1.79 bits per heavy atom. The Balaban J connectivity index is 2.19. The molecule has 0 saturated carbocycles. The van der Waals surface area contributed by atoms with E-state index in [0.29, 0.717) is 42.8 Å². The molecule has 2 aromatic rings. The first-order valence-electron chi connectivity index (χ1n) is 13.4. The van der Waals surface area contributed by atoms with Crippen molar-refractivity contribution >= 4 is 33.6 Å². The van der Waals surface area contributed by atoms with Crippen molar-refractivity contribution in [2.45, 2.75) is 79.1 Å². The standard InChI is InChI=1S/C31H42BrNO6/c1-7-26(34)25(23-14-11-12-22(17-23)20-33-30(36)39-31(4,5)6)16-21(3)28(19-32)38-27-15-10-9-13-24(27)18-29(35)37-8-2/h9-15,17,21,28,34H,7-8,16,18-20H2,1-6H3,(H,33,36)/b26-25-/t21?,28-/m1/s1. The summed E-state index contributed by atoms with van der Waals surface area (Å²) in [6, 6.07) is 15.3. The summed E-state index contributed by atoms with van der Waals surface area (Å²) in [6.45, 7) is 11.9. The van der Waals surface area contributed by atoms with Crippen LogP contribution in [0.1, 0.15) is 71.1 Å². The molecule has 7 nitrogen and oxygen atoms in total. The van der Waals surface area contributed by atoms with Crippen LogP contribution < -0.4 is 10.1 Å². The smallest absolute Gasteiger partial charge is 0.407 e. The van der Waals surface area contributed by atoms with Gasteiger partial charge in [-0.15, -0.1) is 0 Å². The zero-order chi connectivity index (χ0) is 29.0. The van der Waals surface area contributed by atoms with Gasteiger partial charge >= 0.3 is 12.1 Å². The third-order valence-electron chi connectivity index (χ3n) is 6.00. The number of rotatable bonds is 13. The molecule has 0 heterocycles. The van der Waals surface area contributed by atoms with E-state index in [1.54, 1.807) is 6.92 Å². The number of ether oxygens (including phenoxy) is 3. The van der Waals surface area contributed by atoms with Gasteiger partial charge in [0.1, 0.15) is 17.5 Å². The van der Waals surface area contributed by atoms with Crippen molar-refractivity contribution in [3.05, 3.63) is 71.0 Å². The molecule has 0 bridgehead atoms. The quantitative estimate of drug-likeness (QED) is 0.141. The van der Waals surface area contributed by atoms with Gasteiger partial charge < -0.3 is 24.6 Å². The molecule has 0 aliphatic rings. The molecule has 214 valence electrons. The molecule has 2 N–H and O–H groups in total. The first kappa shape index (κ1) is 32.2. The van der Waals surface area contributed by atoms with Gasteiger partial charge in [0.25, 0.3) is 0 Å². The van der Waals surface area contributed by atoms with Crippen molar-refractivity contribution in [1.29, 1.82) is 0 Å². The van der Waals surface area contributed by atoms with E-state index in [4.69, 9.17) is 14.2 Å². The van der Waals surface area contributed by atoms with Crippen LogP contribution >= 0.6 is 15.9 Å². The normalized spacial score (nSPS) is 13.6. The number of amides is 1. The third kappa shape index (κ3) is 10.9. The molecule has 0 fully saturated rings. The lowest BCUT2D eigenvalue weighted by molar-refractivity contribution is -0.142. The summed E-state index contributed by atoms with van der Waals surface area (Å²) in [5.74, 6) is 0.681. The predicted octanol–water partition coefficient (Wildman–Crippen LogP) is 7.36. The van der Waals surface area contributed by atoms with Crippen LogP contribution in [-0.2, 0) is 27.2 Å². The fraction of sp³-hybridized carbons (Fsp3) is 0.484. The van der Waals surface area contributed by atoms with Crippen LogP contribution in [-0.4, -0.2) is 40.8 Å². The Hall–Kier alpha value is -3.00. The number of carbonyl (C=O) groups is 2. The molecule has 1 unspecified atom stereocenters. The number of aliphatic hydroxyl groups is 1. The van der Waals surface area contributed by atoms with E-state index in [1.165, 1.54) is 0 Å². The van der Waals surface area contributed by atoms with Gasteiger partial charge in [-0.2, -0.15) is 0 Å². The van der Waals surface area contributed by atoms with E-state index in [-0.39, 0.29) is 24.4 Å². The molecule has 0 saturated heterocycles. The highest BCUT2D eigenvalue weighted by Crippen LogP contribution is 2.31. The molecular formula is C31H42BrNO6. The number of hydrogen-bond donors (Lipinski definition) is 2. The van der Waals surface area contributed by atoms with Crippen LogP contribution in [0.3, 0.4) is 0 Å². The SMILES string of the molecule is CCOC(=O)Cc1ccccc1O[C@H](CBr)C(C)C/C(=C(/O)CC)c1cccc(CNC(=O)OC(C)(C)C)c1. The van der Waals surface area contributed by atoms with E-state index in [0.717, 1.165) is 22.3 Å². The number of esters is 1. The third-order valence-corrected chi connectivity index (χ3v) is 6.64. The lowest BCUT2D eigenvalue weighted by atomic mass is 9.90. The summed E-state index contributed by atoms with van der Waals surface area (Å²) < 4.78 is 16.8. The Morgan fingerprint density at radius 1 is 1.08 bits per heavy atom. The molecule has 0 aliphatic carbocycles. The zero-order valence-corrected chi connectivity index (χ0v) is 25.5. The predicted molar refractivity (Wildman–Crippen MR) is 158 cm³/mol. The Kier molecular flexibility index (Phi) is 12.8. The van der Waals surface area contributed by atoms with Crippen molar-refractivity contribution in [2.75, 3.05) is 11.9 Å². The summed E-state index contributed by atoms with van der Waals surface area (Å²) in [7, 11) is 0. The van der Waals surface area contributed by atoms with E-state index in [2.05, 4.69) is 28.2 Å². The molecule has 1 amide bonds. The molecule has 8 heteroatoms. The number of nitrogens with one attached hydrogen (secondary N) is 1. The molecule has 0 aliphatic heterocycles. The topological polar surface area (TPSA) is 94.1 Å². The molecule has 0 spiro atoms. The minimum Gasteiger partial charge on any atom is -0.512 e.